The van der Waals surface area contributed by atoms with Gasteiger partial charge in [-0.3, -0.25) is 19.2 Å². The van der Waals surface area contributed by atoms with E-state index in [9.17, 15) is 19.2 Å². The third-order valence-corrected chi connectivity index (χ3v) is 13.0. The van der Waals surface area contributed by atoms with Gasteiger partial charge in [0.25, 0.3) is 0 Å². The van der Waals surface area contributed by atoms with Crippen molar-refractivity contribution in [1.82, 2.24) is 0 Å². The minimum Gasteiger partial charge on any atom is -0.461 e. The predicted octanol–water partition coefficient (Wildman–Crippen LogP) is 13.7. The SMILES string of the molecule is CC(=O)OCc1cc(C(C)(C)C)cc(COC(C)=O)c1-c1cc2c(C)c3ccccc3c3c(-c4c(COC(C)=O)cc(C(C)(C)C)cc4COC(C)=O)cc4c(C)c5ccccc5c1c4c23. The van der Waals surface area contributed by atoms with Crippen molar-refractivity contribution >= 4 is 77.7 Å². The summed E-state index contributed by atoms with van der Waals surface area (Å²) in [5.41, 5.74) is 10.4. The summed E-state index contributed by atoms with van der Waals surface area (Å²) in [4.78, 5) is 50.3. The van der Waals surface area contributed by atoms with Crippen molar-refractivity contribution < 1.29 is 38.1 Å². The number of hydrogen-bond acceptors (Lipinski definition) is 8. The third kappa shape index (κ3) is 8.34. The fourth-order valence-corrected chi connectivity index (χ4v) is 9.79. The van der Waals surface area contributed by atoms with Gasteiger partial charge in [-0.2, -0.15) is 0 Å². The van der Waals surface area contributed by atoms with Crippen LogP contribution in [0, 0.1) is 13.8 Å². The second-order valence-corrected chi connectivity index (χ2v) is 19.7. The summed E-state index contributed by atoms with van der Waals surface area (Å²) in [7, 11) is 0. The molecule has 0 aliphatic rings. The van der Waals surface area contributed by atoms with E-state index in [1.54, 1.807) is 0 Å². The molecule has 0 aromatic heterocycles. The maximum atomic E-state index is 12.6. The molecule has 0 saturated carbocycles. The highest BCUT2D eigenvalue weighted by molar-refractivity contribution is 6.39. The number of hydrogen-bond donors (Lipinski definition) is 0. The van der Waals surface area contributed by atoms with E-state index in [0.29, 0.717) is 0 Å². The van der Waals surface area contributed by atoms with E-state index in [1.807, 2.05) is 0 Å². The van der Waals surface area contributed by atoms with Crippen LogP contribution in [0.4, 0.5) is 0 Å². The van der Waals surface area contributed by atoms with Gasteiger partial charge in [0.05, 0.1) is 0 Å². The monoisotopic (exact) mass is 882 g/mol. The fourth-order valence-electron chi connectivity index (χ4n) is 9.79. The second-order valence-electron chi connectivity index (χ2n) is 19.7. The number of esters is 4. The van der Waals surface area contributed by atoms with Crippen LogP contribution in [-0.2, 0) is 75.4 Å². The first-order chi connectivity index (χ1) is 31.1. The summed E-state index contributed by atoms with van der Waals surface area (Å²) in [5.74, 6) is -1.59. The molecule has 0 radical (unpaired) electrons. The van der Waals surface area contributed by atoms with E-state index < -0.39 is 23.9 Å². The molecule has 66 heavy (non-hydrogen) atoms. The Kier molecular flexibility index (Phi) is 11.9. The Bertz CT molecular complexity index is 3000. The van der Waals surface area contributed by atoms with Gasteiger partial charge >= 0.3 is 23.9 Å². The Balaban J connectivity index is 1.65. The van der Waals surface area contributed by atoms with E-state index in [0.717, 1.165) is 121 Å². The zero-order valence-corrected chi connectivity index (χ0v) is 40.2. The molecule has 8 rings (SSSR count). The number of carbonyl (C=O) groups is 4. The van der Waals surface area contributed by atoms with Crippen LogP contribution in [0.2, 0.25) is 0 Å². The number of ether oxygens (including phenoxy) is 4. The molecule has 0 amide bonds. The average molecular weight is 883 g/mol. The number of rotatable bonds is 10. The summed E-state index contributed by atoms with van der Waals surface area (Å²) >= 11 is 0. The standard InChI is InChI=1S/C58H58O8/c1-31-43-17-13-15-19-45(43)53-50(52-39(29-65-35(5)61)23-42(58(10,11)12)24-40(52)30-66-36(6)62)26-48-32(2)44-18-14-16-20-46(44)54-49(25-47(31)55(53)56(48)54)51-37(27-63-33(3)59)21-41(57(7,8)9)22-38(51)28-64-34(4)60/h13-26H,27-30H2,1-12H3. The highest BCUT2D eigenvalue weighted by Gasteiger charge is 2.30. The Morgan fingerprint density at radius 3 is 0.924 bits per heavy atom. The van der Waals surface area contributed by atoms with E-state index in [-0.39, 0.29) is 37.3 Å². The first-order valence-corrected chi connectivity index (χ1v) is 22.6. The van der Waals surface area contributed by atoms with Gasteiger partial charge in [-0.1, -0.05) is 114 Å². The van der Waals surface area contributed by atoms with Crippen LogP contribution < -0.4 is 0 Å². The zero-order valence-electron chi connectivity index (χ0n) is 40.2. The van der Waals surface area contributed by atoms with Gasteiger partial charge in [-0.15, -0.1) is 0 Å². The van der Waals surface area contributed by atoms with Gasteiger partial charge < -0.3 is 18.9 Å². The highest BCUT2D eigenvalue weighted by atomic mass is 16.5. The topological polar surface area (TPSA) is 105 Å². The number of aryl methyl sites for hydroxylation is 2. The molecule has 0 aliphatic heterocycles. The van der Waals surface area contributed by atoms with Crippen LogP contribution >= 0.6 is 0 Å². The molecule has 8 heteroatoms. The highest BCUT2D eigenvalue weighted by Crippen LogP contribution is 2.53. The normalized spacial score (nSPS) is 12.1. The molecule has 0 spiro atoms. The quantitative estimate of drug-likeness (QED) is 0.0579. The minimum atomic E-state index is -0.397. The van der Waals surface area contributed by atoms with Crippen molar-refractivity contribution in [1.29, 1.82) is 0 Å². The summed E-state index contributed by atoms with van der Waals surface area (Å²) < 4.78 is 23.4. The molecule has 0 saturated heterocycles. The molecule has 0 aliphatic carbocycles. The van der Waals surface area contributed by atoms with Crippen LogP contribution in [0.15, 0.2) is 84.9 Å². The molecule has 0 fully saturated rings. The van der Waals surface area contributed by atoms with E-state index in [2.05, 4.69) is 140 Å². The van der Waals surface area contributed by atoms with Crippen LogP contribution in [-0.4, -0.2) is 23.9 Å². The lowest BCUT2D eigenvalue weighted by Crippen LogP contribution is -2.15. The van der Waals surface area contributed by atoms with Crippen LogP contribution in [0.25, 0.3) is 76.1 Å². The molecule has 8 nitrogen and oxygen atoms in total. The zero-order chi connectivity index (χ0) is 47.6. The molecule has 0 heterocycles. The smallest absolute Gasteiger partial charge is 0.302 e. The molecule has 8 aromatic rings. The molecule has 0 N–H and O–H groups in total. The lowest BCUT2D eigenvalue weighted by atomic mass is 9.76. The van der Waals surface area contributed by atoms with Crippen molar-refractivity contribution in [3.63, 3.8) is 0 Å². The van der Waals surface area contributed by atoms with Gasteiger partial charge in [0.1, 0.15) is 26.4 Å². The van der Waals surface area contributed by atoms with Crippen molar-refractivity contribution in [2.24, 2.45) is 0 Å². The summed E-state index contributed by atoms with van der Waals surface area (Å²) in [6.07, 6.45) is 0. The van der Waals surface area contributed by atoms with Crippen LogP contribution in [0.1, 0.15) is 114 Å². The maximum absolute atomic E-state index is 12.6. The fraction of sp³-hybridized carbons (Fsp3) is 0.310. The number of benzene rings is 8. The molecule has 0 unspecified atom stereocenters. The van der Waals surface area contributed by atoms with Crippen LogP contribution in [0.5, 0.6) is 0 Å². The lowest BCUT2D eigenvalue weighted by Gasteiger charge is -2.28. The third-order valence-electron chi connectivity index (χ3n) is 13.0. The van der Waals surface area contributed by atoms with Crippen LogP contribution in [0.3, 0.4) is 0 Å². The molecular formula is C58H58O8. The van der Waals surface area contributed by atoms with Gasteiger partial charge in [0.15, 0.2) is 0 Å². The Hall–Kier alpha value is -6.80. The first kappa shape index (κ1) is 45.8. The average Bonchev–Trinajstić information content (AvgIpc) is 3.25. The Labute approximate surface area is 386 Å². The van der Waals surface area contributed by atoms with Crippen molar-refractivity contribution in [3.05, 3.63) is 129 Å². The van der Waals surface area contributed by atoms with Crippen molar-refractivity contribution in [2.45, 2.75) is 120 Å². The summed E-state index contributed by atoms with van der Waals surface area (Å²) in [5, 5.41) is 10.5. The largest absolute Gasteiger partial charge is 0.461 e. The first-order valence-electron chi connectivity index (χ1n) is 22.6. The predicted molar refractivity (Wildman–Crippen MR) is 265 cm³/mol. The van der Waals surface area contributed by atoms with Gasteiger partial charge in [-0.05, 0) is 157 Å². The number of carbonyl (C=O) groups excluding carboxylic acids is 4. The summed E-state index contributed by atoms with van der Waals surface area (Å²) in [6, 6.07) is 30.0. The van der Waals surface area contributed by atoms with Gasteiger partial charge in [0.2, 0.25) is 0 Å². The van der Waals surface area contributed by atoms with E-state index >= 15 is 0 Å². The maximum Gasteiger partial charge on any atom is 0.302 e. The second kappa shape index (κ2) is 17.2. The lowest BCUT2D eigenvalue weighted by molar-refractivity contribution is -0.143. The molecule has 338 valence electrons. The van der Waals surface area contributed by atoms with Gasteiger partial charge in [-0.25, -0.2) is 0 Å². The molecule has 0 bridgehead atoms. The summed E-state index contributed by atoms with van der Waals surface area (Å²) in [6.45, 7) is 22.9. The van der Waals surface area contributed by atoms with Crippen molar-refractivity contribution in [3.8, 4) is 22.3 Å². The minimum absolute atomic E-state index is 0.0185. The van der Waals surface area contributed by atoms with Gasteiger partial charge in [0, 0.05) is 27.7 Å². The van der Waals surface area contributed by atoms with Crippen molar-refractivity contribution in [2.75, 3.05) is 0 Å². The Morgan fingerprint density at radius 1 is 0.394 bits per heavy atom. The molecule has 0 atom stereocenters. The van der Waals surface area contributed by atoms with E-state index in [4.69, 9.17) is 18.9 Å². The molecule has 8 aromatic carbocycles. The molecular weight excluding hydrogens is 825 g/mol. The van der Waals surface area contributed by atoms with E-state index in [1.165, 1.54) is 27.7 Å². The Morgan fingerprint density at radius 2 is 0.667 bits per heavy atom. The number of fused-ring (bicyclic) bond motifs is 4.